The molecule has 18 heavy (non-hydrogen) atoms. The SMILES string of the molecule is COC(=O)C1CN(Cc2ccccn2)C(=O)C1=O. The second kappa shape index (κ2) is 4.95. The van der Waals surface area contributed by atoms with Crippen molar-refractivity contribution in [2.45, 2.75) is 6.54 Å². The van der Waals surface area contributed by atoms with Crippen molar-refractivity contribution in [1.29, 1.82) is 0 Å². The van der Waals surface area contributed by atoms with Gasteiger partial charge in [0.25, 0.3) is 5.91 Å². The molecule has 2 rings (SSSR count). The highest BCUT2D eigenvalue weighted by atomic mass is 16.5. The first kappa shape index (κ1) is 12.2. The highest BCUT2D eigenvalue weighted by molar-refractivity contribution is 6.42. The number of pyridine rings is 1. The van der Waals surface area contributed by atoms with Gasteiger partial charge in [-0.25, -0.2) is 0 Å². The van der Waals surface area contributed by atoms with E-state index in [4.69, 9.17) is 0 Å². The summed E-state index contributed by atoms with van der Waals surface area (Å²) >= 11 is 0. The average Bonchev–Trinajstić information content (AvgIpc) is 2.67. The number of likely N-dealkylation sites (tertiary alicyclic amines) is 1. The fourth-order valence-corrected chi connectivity index (χ4v) is 1.84. The van der Waals surface area contributed by atoms with E-state index in [9.17, 15) is 14.4 Å². The van der Waals surface area contributed by atoms with Gasteiger partial charge in [-0.05, 0) is 12.1 Å². The largest absolute Gasteiger partial charge is 0.468 e. The molecule has 1 unspecified atom stereocenters. The predicted molar refractivity (Wildman–Crippen MR) is 60.2 cm³/mol. The Kier molecular flexibility index (Phi) is 3.36. The maximum atomic E-state index is 11.7. The summed E-state index contributed by atoms with van der Waals surface area (Å²) < 4.78 is 4.50. The zero-order chi connectivity index (χ0) is 13.1. The zero-order valence-corrected chi connectivity index (χ0v) is 9.83. The Bertz CT molecular complexity index is 486. The summed E-state index contributed by atoms with van der Waals surface area (Å²) in [5, 5.41) is 0. The Morgan fingerprint density at radius 2 is 2.28 bits per heavy atom. The third-order valence-electron chi connectivity index (χ3n) is 2.78. The summed E-state index contributed by atoms with van der Waals surface area (Å²) in [6.45, 7) is 0.278. The molecule has 94 valence electrons. The van der Waals surface area contributed by atoms with Crippen molar-refractivity contribution in [3.63, 3.8) is 0 Å². The van der Waals surface area contributed by atoms with Crippen LogP contribution in [-0.2, 0) is 25.7 Å². The molecule has 0 aliphatic carbocycles. The van der Waals surface area contributed by atoms with Gasteiger partial charge >= 0.3 is 5.97 Å². The summed E-state index contributed by atoms with van der Waals surface area (Å²) in [6, 6.07) is 5.31. The van der Waals surface area contributed by atoms with Crippen LogP contribution in [0.2, 0.25) is 0 Å². The topological polar surface area (TPSA) is 76.6 Å². The van der Waals surface area contributed by atoms with Gasteiger partial charge in [-0.3, -0.25) is 19.4 Å². The van der Waals surface area contributed by atoms with Crippen molar-refractivity contribution in [3.8, 4) is 0 Å². The van der Waals surface area contributed by atoms with Crippen LogP contribution in [0.5, 0.6) is 0 Å². The molecule has 0 saturated carbocycles. The molecule has 1 atom stereocenters. The van der Waals surface area contributed by atoms with Crippen LogP contribution in [0.15, 0.2) is 24.4 Å². The van der Waals surface area contributed by atoms with Gasteiger partial charge < -0.3 is 9.64 Å². The Morgan fingerprint density at radius 1 is 1.50 bits per heavy atom. The molecule has 0 aromatic carbocycles. The lowest BCUT2D eigenvalue weighted by molar-refractivity contribution is -0.150. The smallest absolute Gasteiger partial charge is 0.318 e. The van der Waals surface area contributed by atoms with Gasteiger partial charge in [0.05, 0.1) is 19.3 Å². The molecule has 0 bridgehead atoms. The zero-order valence-electron chi connectivity index (χ0n) is 9.83. The van der Waals surface area contributed by atoms with Crippen LogP contribution in [-0.4, -0.2) is 41.2 Å². The van der Waals surface area contributed by atoms with Crippen LogP contribution >= 0.6 is 0 Å². The fourth-order valence-electron chi connectivity index (χ4n) is 1.84. The Hall–Kier alpha value is -2.24. The summed E-state index contributed by atoms with van der Waals surface area (Å²) in [6.07, 6.45) is 1.61. The van der Waals surface area contributed by atoms with Crippen LogP contribution in [0.25, 0.3) is 0 Å². The van der Waals surface area contributed by atoms with Crippen LogP contribution in [0.1, 0.15) is 5.69 Å². The van der Waals surface area contributed by atoms with Crippen molar-refractivity contribution >= 4 is 17.7 Å². The van der Waals surface area contributed by atoms with Gasteiger partial charge in [-0.1, -0.05) is 6.07 Å². The normalized spacial score (nSPS) is 19.2. The van der Waals surface area contributed by atoms with Crippen molar-refractivity contribution in [2.24, 2.45) is 5.92 Å². The monoisotopic (exact) mass is 248 g/mol. The van der Waals surface area contributed by atoms with Gasteiger partial charge in [0.2, 0.25) is 5.78 Å². The van der Waals surface area contributed by atoms with E-state index in [1.54, 1.807) is 24.4 Å². The van der Waals surface area contributed by atoms with Crippen LogP contribution < -0.4 is 0 Å². The van der Waals surface area contributed by atoms with E-state index in [0.717, 1.165) is 0 Å². The maximum absolute atomic E-state index is 11.7. The molecule has 0 spiro atoms. The predicted octanol–water partition coefficient (Wildman–Crippen LogP) is -0.218. The second-order valence-corrected chi connectivity index (χ2v) is 3.95. The van der Waals surface area contributed by atoms with E-state index in [-0.39, 0.29) is 13.1 Å². The number of esters is 1. The maximum Gasteiger partial charge on any atom is 0.318 e. The molecule has 1 aliphatic heterocycles. The van der Waals surface area contributed by atoms with Crippen LogP contribution in [0.4, 0.5) is 0 Å². The summed E-state index contributed by atoms with van der Waals surface area (Å²) in [7, 11) is 1.20. The molecule has 1 saturated heterocycles. The number of carbonyl (C=O) groups excluding carboxylic acids is 3. The number of ketones is 1. The molecule has 0 radical (unpaired) electrons. The molecular weight excluding hydrogens is 236 g/mol. The quantitative estimate of drug-likeness (QED) is 0.420. The second-order valence-electron chi connectivity index (χ2n) is 3.95. The number of Topliss-reactive ketones (excluding diaryl/α,β-unsaturated/α-hetero) is 1. The van der Waals surface area contributed by atoms with Crippen molar-refractivity contribution in [3.05, 3.63) is 30.1 Å². The van der Waals surface area contributed by atoms with E-state index >= 15 is 0 Å². The highest BCUT2D eigenvalue weighted by Crippen LogP contribution is 2.17. The lowest BCUT2D eigenvalue weighted by atomic mass is 10.1. The van der Waals surface area contributed by atoms with Gasteiger partial charge in [0.15, 0.2) is 0 Å². The molecule has 2 heterocycles. The number of amides is 1. The first-order valence-corrected chi connectivity index (χ1v) is 5.44. The number of carbonyl (C=O) groups is 3. The molecule has 0 N–H and O–H groups in total. The van der Waals surface area contributed by atoms with Crippen molar-refractivity contribution in [2.75, 3.05) is 13.7 Å². The molecule has 1 aliphatic rings. The molecule has 1 fully saturated rings. The minimum absolute atomic E-state index is 0.0565. The number of nitrogens with zero attached hydrogens (tertiary/aromatic N) is 2. The number of hydrogen-bond acceptors (Lipinski definition) is 5. The number of ether oxygens (including phenoxy) is 1. The van der Waals surface area contributed by atoms with Gasteiger partial charge in [-0.2, -0.15) is 0 Å². The third-order valence-corrected chi connectivity index (χ3v) is 2.78. The molecule has 1 aromatic rings. The van der Waals surface area contributed by atoms with E-state index < -0.39 is 23.6 Å². The molecule has 1 aromatic heterocycles. The lowest BCUT2D eigenvalue weighted by Crippen LogP contribution is -2.27. The van der Waals surface area contributed by atoms with E-state index in [1.807, 2.05) is 0 Å². The first-order valence-electron chi connectivity index (χ1n) is 5.44. The van der Waals surface area contributed by atoms with E-state index in [1.165, 1.54) is 12.0 Å². The number of hydrogen-bond donors (Lipinski definition) is 0. The third kappa shape index (κ3) is 2.22. The molecule has 6 nitrogen and oxygen atoms in total. The summed E-state index contributed by atoms with van der Waals surface area (Å²) in [5.41, 5.74) is 0.671. The van der Waals surface area contributed by atoms with Crippen LogP contribution in [0, 0.1) is 5.92 Å². The lowest BCUT2D eigenvalue weighted by Gasteiger charge is -2.14. The summed E-state index contributed by atoms with van der Waals surface area (Å²) in [4.78, 5) is 40.0. The highest BCUT2D eigenvalue weighted by Gasteiger charge is 2.43. The minimum atomic E-state index is -1.01. The van der Waals surface area contributed by atoms with Crippen molar-refractivity contribution in [1.82, 2.24) is 9.88 Å². The summed E-state index contributed by atoms with van der Waals surface area (Å²) in [5.74, 6) is -3.04. The molecule has 6 heteroatoms. The van der Waals surface area contributed by atoms with Crippen LogP contribution in [0.3, 0.4) is 0 Å². The Balaban J connectivity index is 2.10. The fraction of sp³-hybridized carbons (Fsp3) is 0.333. The van der Waals surface area contributed by atoms with E-state index in [0.29, 0.717) is 5.69 Å². The Labute approximate surface area is 104 Å². The number of rotatable bonds is 3. The Morgan fingerprint density at radius 3 is 2.89 bits per heavy atom. The van der Waals surface area contributed by atoms with Gasteiger partial charge in [0.1, 0.15) is 5.92 Å². The van der Waals surface area contributed by atoms with E-state index in [2.05, 4.69) is 9.72 Å². The first-order chi connectivity index (χ1) is 8.63. The number of methoxy groups -OCH3 is 1. The average molecular weight is 248 g/mol. The van der Waals surface area contributed by atoms with Crippen molar-refractivity contribution < 1.29 is 19.1 Å². The van der Waals surface area contributed by atoms with Gasteiger partial charge in [0, 0.05) is 12.7 Å². The minimum Gasteiger partial charge on any atom is -0.468 e. The number of aromatic nitrogens is 1. The van der Waals surface area contributed by atoms with Gasteiger partial charge in [-0.15, -0.1) is 0 Å². The standard InChI is InChI=1S/C12H12N2O4/c1-18-12(17)9-7-14(11(16)10(9)15)6-8-4-2-3-5-13-8/h2-5,9H,6-7H2,1H3. The molecular formula is C12H12N2O4. The molecule has 1 amide bonds.